The van der Waals surface area contributed by atoms with E-state index >= 15 is 0 Å². The number of ether oxygens (including phenoxy) is 7. The van der Waals surface area contributed by atoms with Crippen LogP contribution in [0.1, 0.15) is 59.3 Å². The molecule has 0 amide bonds. The van der Waals surface area contributed by atoms with Gasteiger partial charge in [0.1, 0.15) is 39.6 Å². The second-order valence-corrected chi connectivity index (χ2v) is 12.1. The molecule has 1 N–H and O–H groups in total. The summed E-state index contributed by atoms with van der Waals surface area (Å²) in [6.07, 6.45) is 3.75. The maximum Gasteiger partial charge on any atom is 0.572 e. The van der Waals surface area contributed by atoms with E-state index in [1.165, 1.54) is 0 Å². The molecule has 1 aliphatic rings. The lowest BCUT2D eigenvalue weighted by molar-refractivity contribution is -0.150. The second-order valence-electron chi connectivity index (χ2n) is 10.4. The van der Waals surface area contributed by atoms with E-state index in [9.17, 15) is 19.3 Å². The van der Waals surface area contributed by atoms with Crippen LogP contribution in [0.4, 0.5) is 0 Å². The maximum atomic E-state index is 11.7. The lowest BCUT2D eigenvalue weighted by atomic mass is 10.2. The Morgan fingerprint density at radius 3 is 1.29 bits per heavy atom. The van der Waals surface area contributed by atoms with Gasteiger partial charge in [0.15, 0.2) is 5.60 Å². The quantitative estimate of drug-likeness (QED) is 0.0294. The molecular formula is C30H52O14P+. The van der Waals surface area contributed by atoms with E-state index in [4.69, 9.17) is 46.7 Å². The summed E-state index contributed by atoms with van der Waals surface area (Å²) in [5.41, 5.74) is -0.127. The zero-order chi connectivity index (χ0) is 33.4. The molecule has 1 heterocycles. The van der Waals surface area contributed by atoms with Gasteiger partial charge in [0.25, 0.3) is 0 Å². The minimum absolute atomic E-state index is 0.149. The second kappa shape index (κ2) is 24.2. The van der Waals surface area contributed by atoms with Gasteiger partial charge in [-0.05, 0) is 59.3 Å². The van der Waals surface area contributed by atoms with Crippen molar-refractivity contribution < 1.29 is 66.0 Å². The van der Waals surface area contributed by atoms with Crippen LogP contribution >= 0.6 is 8.17 Å². The van der Waals surface area contributed by atoms with E-state index < -0.39 is 25.7 Å². The third kappa shape index (κ3) is 21.4. The molecule has 1 aliphatic heterocycles. The molecule has 0 spiro atoms. The fraction of sp³-hybridized carbons (Fsp3) is 0.767. The van der Waals surface area contributed by atoms with Crippen molar-refractivity contribution in [1.29, 1.82) is 0 Å². The monoisotopic (exact) mass is 667 g/mol. The van der Waals surface area contributed by atoms with Gasteiger partial charge < -0.3 is 33.2 Å². The van der Waals surface area contributed by atoms with E-state index in [0.717, 1.165) is 0 Å². The van der Waals surface area contributed by atoms with E-state index in [1.54, 1.807) is 20.8 Å². The summed E-state index contributed by atoms with van der Waals surface area (Å²) in [6, 6.07) is 0. The first-order valence-electron chi connectivity index (χ1n) is 15.2. The van der Waals surface area contributed by atoms with Gasteiger partial charge in [-0.15, -0.1) is 0 Å². The normalized spacial score (nSPS) is 15.8. The molecule has 1 saturated heterocycles. The average molecular weight is 668 g/mol. The molecule has 45 heavy (non-hydrogen) atoms. The zero-order valence-corrected chi connectivity index (χ0v) is 27.9. The van der Waals surface area contributed by atoms with Crippen molar-refractivity contribution in [3.63, 3.8) is 0 Å². The summed E-state index contributed by atoms with van der Waals surface area (Å²) >= 11 is 0. The minimum Gasteiger partial charge on any atom is -0.461 e. The van der Waals surface area contributed by atoms with Crippen molar-refractivity contribution in [3.8, 4) is 0 Å². The highest BCUT2D eigenvalue weighted by Crippen LogP contribution is 2.58. The van der Waals surface area contributed by atoms with Gasteiger partial charge in [0.05, 0.1) is 26.4 Å². The molecule has 0 bridgehead atoms. The van der Waals surface area contributed by atoms with Crippen LogP contribution in [0.25, 0.3) is 0 Å². The fourth-order valence-electron chi connectivity index (χ4n) is 3.08. The smallest absolute Gasteiger partial charge is 0.461 e. The molecule has 0 aromatic rings. The minimum atomic E-state index is -3.55. The van der Waals surface area contributed by atoms with Gasteiger partial charge in [-0.2, -0.15) is 18.5 Å². The molecule has 15 heteroatoms. The lowest BCUT2D eigenvalue weighted by Gasteiger charge is -2.15. The van der Waals surface area contributed by atoms with Crippen molar-refractivity contribution in [2.75, 3.05) is 85.9 Å². The molecule has 1 unspecified atom stereocenters. The van der Waals surface area contributed by atoms with Gasteiger partial charge in [-0.1, -0.05) is 13.2 Å². The summed E-state index contributed by atoms with van der Waals surface area (Å²) in [7, 11) is -3.55. The Morgan fingerprint density at radius 2 is 0.956 bits per heavy atom. The molecule has 0 aromatic heterocycles. The van der Waals surface area contributed by atoms with Crippen LogP contribution in [0.3, 0.4) is 0 Å². The summed E-state index contributed by atoms with van der Waals surface area (Å²) in [5.74, 6) is -1.28. The van der Waals surface area contributed by atoms with Crippen molar-refractivity contribution in [1.82, 2.24) is 0 Å². The molecule has 260 valence electrons. The van der Waals surface area contributed by atoms with Crippen LogP contribution in [0.15, 0.2) is 24.3 Å². The number of rotatable bonds is 30. The van der Waals surface area contributed by atoms with Gasteiger partial charge >= 0.3 is 26.1 Å². The van der Waals surface area contributed by atoms with E-state index in [0.29, 0.717) is 76.1 Å². The Morgan fingerprint density at radius 1 is 0.622 bits per heavy atom. The standard InChI is InChI=1S/C30H52O14P/c1-25(2)27(31)38-21-18-35-12-6-9-15-42-45(34,43-16-10-7-13-36-19-22-39-28(32)26(3)4)44-17-11-8-14-37-20-23-40-29(33)30(5)24-41-30/h34H,1,3,6-24H2,2,4-5H3/q+1. The molecule has 14 nitrogen and oxygen atoms in total. The Bertz CT molecular complexity index is 848. The first-order chi connectivity index (χ1) is 21.5. The van der Waals surface area contributed by atoms with Gasteiger partial charge in [-0.3, -0.25) is 0 Å². The van der Waals surface area contributed by atoms with E-state index in [1.807, 2.05) is 0 Å². The predicted molar refractivity (Wildman–Crippen MR) is 164 cm³/mol. The van der Waals surface area contributed by atoms with Crippen molar-refractivity contribution in [2.45, 2.75) is 64.9 Å². The molecule has 0 aromatic carbocycles. The summed E-state index contributed by atoms with van der Waals surface area (Å²) in [5, 5.41) is 0. The van der Waals surface area contributed by atoms with Gasteiger partial charge in [0, 0.05) is 31.0 Å². The highest BCUT2D eigenvalue weighted by atomic mass is 31.2. The van der Waals surface area contributed by atoms with Crippen LogP contribution in [-0.2, 0) is 61.1 Å². The fourth-order valence-corrected chi connectivity index (χ4v) is 4.38. The molecule has 0 saturated carbocycles. The Balaban J connectivity index is 2.23. The van der Waals surface area contributed by atoms with E-state index in [-0.39, 0.29) is 65.4 Å². The van der Waals surface area contributed by atoms with Crippen molar-refractivity contribution in [2.24, 2.45) is 0 Å². The van der Waals surface area contributed by atoms with Crippen LogP contribution in [-0.4, -0.2) is 114 Å². The molecule has 0 radical (unpaired) electrons. The molecule has 0 aliphatic carbocycles. The number of esters is 3. The SMILES string of the molecule is C=C(C)C(=O)OCCOCCCCO[P+](O)(OCCCCOCCOC(=O)C(=C)C)OCCCCOCCOC(=O)C1(C)CO1. The first-order valence-corrected chi connectivity index (χ1v) is 16.7. The summed E-state index contributed by atoms with van der Waals surface area (Å²) < 4.78 is 53.3. The largest absolute Gasteiger partial charge is 0.572 e. The van der Waals surface area contributed by atoms with Crippen LogP contribution in [0.2, 0.25) is 0 Å². The Labute approximate surface area is 267 Å². The molecule has 1 rings (SSSR count). The third-order valence-electron chi connectivity index (χ3n) is 5.90. The van der Waals surface area contributed by atoms with Crippen LogP contribution in [0, 0.1) is 0 Å². The zero-order valence-electron chi connectivity index (χ0n) is 27.1. The lowest BCUT2D eigenvalue weighted by Crippen LogP contribution is -2.24. The Kier molecular flexibility index (Phi) is 22.1. The van der Waals surface area contributed by atoms with Crippen molar-refractivity contribution in [3.05, 3.63) is 24.3 Å². The highest BCUT2D eigenvalue weighted by Gasteiger charge is 2.49. The van der Waals surface area contributed by atoms with Crippen molar-refractivity contribution >= 4 is 26.1 Å². The average Bonchev–Trinajstić information content (AvgIpc) is 3.76. The van der Waals surface area contributed by atoms with Crippen LogP contribution in [0.5, 0.6) is 0 Å². The number of carbonyl (C=O) groups is 3. The highest BCUT2D eigenvalue weighted by molar-refractivity contribution is 7.55. The predicted octanol–water partition coefficient (Wildman–Crippen LogP) is 3.67. The maximum absolute atomic E-state index is 11.7. The topological polar surface area (TPSA) is 167 Å². The first kappa shape index (κ1) is 41.0. The molecule has 1 atom stereocenters. The number of hydrogen-bond donors (Lipinski definition) is 1. The summed E-state index contributed by atoms with van der Waals surface area (Å²) in [4.78, 5) is 45.3. The summed E-state index contributed by atoms with van der Waals surface area (Å²) in [6.45, 7) is 15.4. The van der Waals surface area contributed by atoms with Crippen LogP contribution < -0.4 is 0 Å². The van der Waals surface area contributed by atoms with E-state index in [2.05, 4.69) is 13.2 Å². The number of epoxide rings is 1. The number of carbonyl (C=O) groups excluding carboxylic acids is 3. The number of hydrogen-bond acceptors (Lipinski definition) is 14. The Hall–Kier alpha value is -2.00. The van der Waals surface area contributed by atoms with Gasteiger partial charge in [0.2, 0.25) is 0 Å². The number of unbranched alkanes of at least 4 members (excludes halogenated alkanes) is 3. The molecular weight excluding hydrogens is 615 g/mol. The molecule has 1 fully saturated rings. The van der Waals surface area contributed by atoms with Gasteiger partial charge in [-0.25, -0.2) is 14.4 Å². The third-order valence-corrected chi connectivity index (χ3v) is 7.43.